The fourth-order valence-corrected chi connectivity index (χ4v) is 6.99. The number of ketones is 1. The predicted octanol–water partition coefficient (Wildman–Crippen LogP) is 2.38. The summed E-state index contributed by atoms with van der Waals surface area (Å²) in [5.74, 6) is -2.79. The molecule has 0 spiro atoms. The second-order valence-corrected chi connectivity index (χ2v) is 15.1. The molecule has 0 aromatic rings. The topological polar surface area (TPSA) is 157 Å². The molecule has 0 aromatic heterocycles. The lowest BCUT2D eigenvalue weighted by Gasteiger charge is -2.38. The Kier molecular flexibility index (Phi) is 12.1. The Bertz CT molecular complexity index is 1190. The highest BCUT2D eigenvalue weighted by molar-refractivity contribution is 6.38. The summed E-state index contributed by atoms with van der Waals surface area (Å²) >= 11 is 0. The molecule has 2 heterocycles. The van der Waals surface area contributed by atoms with E-state index in [9.17, 15) is 28.8 Å². The normalized spacial score (nSPS) is 23.8. The number of carbonyl (C=O) groups excluding carboxylic acids is 6. The summed E-state index contributed by atoms with van der Waals surface area (Å²) in [4.78, 5) is 83.6. The van der Waals surface area contributed by atoms with Crippen LogP contribution in [0.1, 0.15) is 87.5 Å². The maximum Gasteiger partial charge on any atom is 0.316 e. The van der Waals surface area contributed by atoms with Crippen LogP contribution in [0.4, 0.5) is 4.79 Å². The first-order valence-corrected chi connectivity index (χ1v) is 16.9. The molecule has 3 fully saturated rings. The molecule has 6 amide bonds. The van der Waals surface area contributed by atoms with Gasteiger partial charge in [-0.25, -0.2) is 4.79 Å². The van der Waals surface area contributed by atoms with Gasteiger partial charge in [0.15, 0.2) is 0 Å². The van der Waals surface area contributed by atoms with Gasteiger partial charge in [0.1, 0.15) is 18.1 Å². The quantitative estimate of drug-likeness (QED) is 0.178. The summed E-state index contributed by atoms with van der Waals surface area (Å²) in [7, 11) is 0. The molecular weight excluding hydrogens is 588 g/mol. The van der Waals surface area contributed by atoms with E-state index in [0.29, 0.717) is 26.1 Å². The van der Waals surface area contributed by atoms with Crippen molar-refractivity contribution in [2.45, 2.75) is 112 Å². The van der Waals surface area contributed by atoms with Gasteiger partial charge >= 0.3 is 6.03 Å². The van der Waals surface area contributed by atoms with Gasteiger partial charge in [-0.1, -0.05) is 67.9 Å². The minimum Gasteiger partial charge on any atom is -0.346 e. The molecule has 1 aliphatic carbocycles. The van der Waals surface area contributed by atoms with Crippen LogP contribution in [-0.4, -0.2) is 95.6 Å². The second kappa shape index (κ2) is 15.0. The number of hydrogen-bond acceptors (Lipinski definition) is 6. The number of Topliss-reactive ketones (excluding diaryl/α,β-unsaturated/α-hetero) is 1. The number of carbonyl (C=O) groups is 6. The van der Waals surface area contributed by atoms with Crippen molar-refractivity contribution in [3.05, 3.63) is 12.7 Å². The van der Waals surface area contributed by atoms with Gasteiger partial charge in [-0.3, -0.25) is 24.0 Å². The van der Waals surface area contributed by atoms with E-state index in [1.54, 1.807) is 4.90 Å². The maximum atomic E-state index is 14.3. The number of rotatable bonds is 13. The van der Waals surface area contributed by atoms with E-state index < -0.39 is 59.1 Å². The summed E-state index contributed by atoms with van der Waals surface area (Å²) in [5, 5.41) is 10.9. The maximum absolute atomic E-state index is 14.3. The predicted molar refractivity (Wildman–Crippen MR) is 175 cm³/mol. The average molecular weight is 645 g/mol. The van der Waals surface area contributed by atoms with Crippen molar-refractivity contribution < 1.29 is 28.8 Å². The number of likely N-dealkylation sites (tertiary alicyclic amines) is 2. The van der Waals surface area contributed by atoms with Crippen molar-refractivity contribution in [1.82, 2.24) is 31.1 Å². The van der Waals surface area contributed by atoms with Crippen molar-refractivity contribution >= 4 is 35.4 Å². The minimum absolute atomic E-state index is 0.0744. The molecule has 46 heavy (non-hydrogen) atoms. The van der Waals surface area contributed by atoms with Gasteiger partial charge in [0.2, 0.25) is 23.5 Å². The van der Waals surface area contributed by atoms with Crippen LogP contribution in [-0.2, 0) is 24.0 Å². The molecule has 6 atom stereocenters. The van der Waals surface area contributed by atoms with E-state index in [4.69, 9.17) is 0 Å². The Morgan fingerprint density at radius 2 is 1.59 bits per heavy atom. The first-order valence-electron chi connectivity index (χ1n) is 16.9. The molecule has 0 radical (unpaired) electrons. The van der Waals surface area contributed by atoms with E-state index in [0.717, 1.165) is 19.3 Å². The molecule has 2 saturated heterocycles. The number of piperidine rings is 2. The van der Waals surface area contributed by atoms with Crippen LogP contribution in [0.5, 0.6) is 0 Å². The summed E-state index contributed by atoms with van der Waals surface area (Å²) in [6.45, 7) is 20.5. The molecule has 4 N–H and O–H groups in total. The van der Waals surface area contributed by atoms with Gasteiger partial charge in [-0.05, 0) is 54.3 Å². The number of amides is 6. The van der Waals surface area contributed by atoms with Crippen LogP contribution in [0.2, 0.25) is 0 Å². The largest absolute Gasteiger partial charge is 0.346 e. The summed E-state index contributed by atoms with van der Waals surface area (Å²) in [5.41, 5.74) is -0.919. The Balaban J connectivity index is 1.80. The highest BCUT2D eigenvalue weighted by Gasteiger charge is 2.70. The van der Waals surface area contributed by atoms with Crippen LogP contribution in [0.3, 0.4) is 0 Å². The molecule has 258 valence electrons. The number of urea groups is 1. The van der Waals surface area contributed by atoms with E-state index in [1.165, 1.54) is 11.0 Å². The zero-order chi connectivity index (χ0) is 34.6. The molecular formula is C34H56N6O6. The van der Waals surface area contributed by atoms with E-state index in [2.05, 4.69) is 41.7 Å². The molecule has 0 aromatic carbocycles. The first kappa shape index (κ1) is 37.0. The lowest BCUT2D eigenvalue weighted by atomic mass is 9.85. The van der Waals surface area contributed by atoms with E-state index >= 15 is 0 Å². The van der Waals surface area contributed by atoms with E-state index in [-0.39, 0.29) is 42.0 Å². The van der Waals surface area contributed by atoms with Gasteiger partial charge < -0.3 is 31.1 Å². The highest BCUT2D eigenvalue weighted by atomic mass is 16.2. The molecule has 3 aliphatic rings. The SMILES string of the molecule is C=CCNC(=O)C(=O)C(CCC)NC(=O)[C@@H]1[C@@H]2[C@H](CN1C(=O)[C@@H](NC(=O)N[C@H](C(=O)N1CCCCC1)C(C)C)C(C)(C)C)C2(C)C. The smallest absolute Gasteiger partial charge is 0.316 e. The van der Waals surface area contributed by atoms with Crippen molar-refractivity contribution in [2.75, 3.05) is 26.2 Å². The summed E-state index contributed by atoms with van der Waals surface area (Å²) < 4.78 is 0. The van der Waals surface area contributed by atoms with Gasteiger partial charge in [-0.15, -0.1) is 6.58 Å². The zero-order valence-corrected chi connectivity index (χ0v) is 29.0. The minimum atomic E-state index is -1.03. The van der Waals surface area contributed by atoms with Crippen molar-refractivity contribution in [3.8, 4) is 0 Å². The molecule has 3 rings (SSSR count). The summed E-state index contributed by atoms with van der Waals surface area (Å²) in [6, 6.07) is -4.27. The van der Waals surface area contributed by atoms with Crippen molar-refractivity contribution in [3.63, 3.8) is 0 Å². The summed E-state index contributed by atoms with van der Waals surface area (Å²) in [6.07, 6.45) is 5.23. The molecule has 1 saturated carbocycles. The highest BCUT2D eigenvalue weighted by Crippen LogP contribution is 2.65. The number of nitrogens with one attached hydrogen (secondary N) is 4. The second-order valence-electron chi connectivity index (χ2n) is 15.1. The Morgan fingerprint density at radius 3 is 2.13 bits per heavy atom. The molecule has 2 aliphatic heterocycles. The van der Waals surface area contributed by atoms with Crippen LogP contribution in [0.25, 0.3) is 0 Å². The Labute approximate surface area is 274 Å². The molecule has 1 unspecified atom stereocenters. The average Bonchev–Trinajstić information content (AvgIpc) is 3.30. The fourth-order valence-electron chi connectivity index (χ4n) is 6.99. The van der Waals surface area contributed by atoms with Gasteiger partial charge in [-0.2, -0.15) is 0 Å². The fraction of sp³-hybridized carbons (Fsp3) is 0.765. The molecule has 12 nitrogen and oxygen atoms in total. The zero-order valence-electron chi connectivity index (χ0n) is 29.0. The number of nitrogens with zero attached hydrogens (tertiary/aromatic N) is 2. The number of fused-ring (bicyclic) bond motifs is 1. The monoisotopic (exact) mass is 644 g/mol. The Morgan fingerprint density at radius 1 is 0.957 bits per heavy atom. The standard InChI is InChI=1S/C34H56N6O6/c1-10-15-22(26(41)29(43)35-16-11-2)36-28(42)25-23-21(34(23,8)9)19-40(25)31(45)27(33(5,6)7)38-32(46)37-24(20(3)4)30(44)39-17-13-12-14-18-39/h11,20-25,27H,2,10,12-19H2,1,3-9H3,(H,35,43)(H,36,42)(H2,37,38,46)/t21-,22?,23-,24-,25-,27+/m0/s1. The molecule has 12 heteroatoms. The van der Waals surface area contributed by atoms with E-state index in [1.807, 2.05) is 41.5 Å². The van der Waals surface area contributed by atoms with Crippen LogP contribution in [0, 0.1) is 28.6 Å². The first-order chi connectivity index (χ1) is 21.5. The van der Waals surface area contributed by atoms with Crippen molar-refractivity contribution in [2.24, 2.45) is 28.6 Å². The lowest BCUT2D eigenvalue weighted by molar-refractivity contribution is -0.145. The Hall–Kier alpha value is -3.44. The van der Waals surface area contributed by atoms with Crippen LogP contribution >= 0.6 is 0 Å². The third-order valence-corrected chi connectivity index (χ3v) is 9.88. The number of hydrogen-bond donors (Lipinski definition) is 4. The van der Waals surface area contributed by atoms with Crippen molar-refractivity contribution in [1.29, 1.82) is 0 Å². The third-order valence-electron chi connectivity index (χ3n) is 9.88. The van der Waals surface area contributed by atoms with Gasteiger partial charge in [0, 0.05) is 26.2 Å². The molecule has 0 bridgehead atoms. The van der Waals surface area contributed by atoms with Crippen LogP contribution < -0.4 is 21.3 Å². The third kappa shape index (κ3) is 8.28. The lowest BCUT2D eigenvalue weighted by Crippen LogP contribution is -2.62. The van der Waals surface area contributed by atoms with Gasteiger partial charge in [0.05, 0.1) is 6.04 Å². The van der Waals surface area contributed by atoms with Crippen LogP contribution in [0.15, 0.2) is 12.7 Å². The van der Waals surface area contributed by atoms with Gasteiger partial charge in [0.25, 0.3) is 5.91 Å².